The van der Waals surface area contributed by atoms with E-state index in [1.54, 1.807) is 0 Å². The second kappa shape index (κ2) is 6.25. The summed E-state index contributed by atoms with van der Waals surface area (Å²) < 4.78 is 0. The molecule has 2 aromatic rings. The van der Waals surface area contributed by atoms with E-state index in [4.69, 9.17) is 4.99 Å². The summed E-state index contributed by atoms with van der Waals surface area (Å²) in [5.74, 6) is 0.559. The standard InChI is InChI=1S/C20H23N3S/c1-13(2)15-7-9-16(10-8-15)19-18(17-6-4-5-11-21-17)22-20-23(19)12-14(3)24-20/h4-11,13-14,18-19H,12H2,1-3H3. The van der Waals surface area contributed by atoms with Gasteiger partial charge < -0.3 is 4.90 Å². The predicted molar refractivity (Wildman–Crippen MR) is 101 cm³/mol. The lowest BCUT2D eigenvalue weighted by atomic mass is 9.94. The zero-order valence-electron chi connectivity index (χ0n) is 14.4. The van der Waals surface area contributed by atoms with Gasteiger partial charge in [-0.05, 0) is 29.2 Å². The van der Waals surface area contributed by atoms with Crippen LogP contribution in [0.1, 0.15) is 55.6 Å². The maximum atomic E-state index is 5.03. The molecule has 24 heavy (non-hydrogen) atoms. The third-order valence-corrected chi connectivity index (χ3v) is 5.93. The monoisotopic (exact) mass is 337 g/mol. The molecule has 0 spiro atoms. The maximum Gasteiger partial charge on any atom is 0.160 e. The molecule has 2 aliphatic rings. The minimum absolute atomic E-state index is 0.0890. The second-order valence-corrected chi connectivity index (χ2v) is 8.36. The average Bonchev–Trinajstić information content (AvgIpc) is 3.11. The highest BCUT2D eigenvalue weighted by atomic mass is 32.2. The van der Waals surface area contributed by atoms with Crippen LogP contribution in [0.3, 0.4) is 0 Å². The Morgan fingerprint density at radius 1 is 1.12 bits per heavy atom. The molecule has 0 radical (unpaired) electrons. The van der Waals surface area contributed by atoms with E-state index < -0.39 is 0 Å². The molecule has 124 valence electrons. The molecule has 3 nitrogen and oxygen atoms in total. The Kier molecular flexibility index (Phi) is 4.09. The number of benzene rings is 1. The molecular formula is C20H23N3S. The van der Waals surface area contributed by atoms with Gasteiger partial charge in [0.2, 0.25) is 0 Å². The van der Waals surface area contributed by atoms with Crippen molar-refractivity contribution in [3.63, 3.8) is 0 Å². The molecule has 0 saturated carbocycles. The largest absolute Gasteiger partial charge is 0.341 e. The topological polar surface area (TPSA) is 28.5 Å². The molecule has 0 bridgehead atoms. The van der Waals surface area contributed by atoms with Gasteiger partial charge in [0.15, 0.2) is 5.17 Å². The summed E-state index contributed by atoms with van der Waals surface area (Å²) in [5, 5.41) is 1.78. The van der Waals surface area contributed by atoms with E-state index in [0.29, 0.717) is 11.2 Å². The van der Waals surface area contributed by atoms with Gasteiger partial charge in [0.1, 0.15) is 6.04 Å². The Morgan fingerprint density at radius 2 is 1.92 bits per heavy atom. The summed E-state index contributed by atoms with van der Waals surface area (Å²) in [4.78, 5) is 12.1. The molecule has 0 amide bonds. The third kappa shape index (κ3) is 2.73. The Hall–Kier alpha value is -1.81. The van der Waals surface area contributed by atoms with Crippen LogP contribution < -0.4 is 0 Å². The fraction of sp³-hybridized carbons (Fsp3) is 0.400. The van der Waals surface area contributed by atoms with Crippen molar-refractivity contribution in [2.75, 3.05) is 6.54 Å². The van der Waals surface area contributed by atoms with Crippen LogP contribution in [0.2, 0.25) is 0 Å². The molecule has 3 unspecified atom stereocenters. The fourth-order valence-corrected chi connectivity index (χ4v) is 4.65. The van der Waals surface area contributed by atoms with Gasteiger partial charge in [-0.2, -0.15) is 0 Å². The minimum atomic E-state index is 0.0890. The zero-order valence-corrected chi connectivity index (χ0v) is 15.2. The molecule has 3 atom stereocenters. The molecule has 3 heterocycles. The number of rotatable bonds is 3. The first kappa shape index (κ1) is 15.7. The van der Waals surface area contributed by atoms with Gasteiger partial charge in [0.25, 0.3) is 0 Å². The van der Waals surface area contributed by atoms with Crippen molar-refractivity contribution >= 4 is 16.9 Å². The first-order chi connectivity index (χ1) is 11.6. The van der Waals surface area contributed by atoms with Crippen LogP contribution >= 0.6 is 11.8 Å². The van der Waals surface area contributed by atoms with Crippen molar-refractivity contribution < 1.29 is 0 Å². The Bertz CT molecular complexity index is 739. The number of aliphatic imine (C=N–C) groups is 1. The van der Waals surface area contributed by atoms with Crippen LogP contribution in [-0.2, 0) is 0 Å². The van der Waals surface area contributed by atoms with E-state index in [0.717, 1.165) is 12.2 Å². The van der Waals surface area contributed by atoms with Gasteiger partial charge in [-0.15, -0.1) is 0 Å². The Balaban J connectivity index is 1.72. The lowest BCUT2D eigenvalue weighted by Gasteiger charge is -2.27. The first-order valence-electron chi connectivity index (χ1n) is 8.65. The number of aromatic nitrogens is 1. The lowest BCUT2D eigenvalue weighted by molar-refractivity contribution is 0.321. The highest BCUT2D eigenvalue weighted by molar-refractivity contribution is 8.14. The smallest absolute Gasteiger partial charge is 0.160 e. The fourth-order valence-electron chi connectivity index (χ4n) is 3.56. The van der Waals surface area contributed by atoms with E-state index in [1.165, 1.54) is 16.3 Å². The van der Waals surface area contributed by atoms with Crippen LogP contribution in [0.4, 0.5) is 0 Å². The van der Waals surface area contributed by atoms with E-state index >= 15 is 0 Å². The summed E-state index contributed by atoms with van der Waals surface area (Å²) in [6, 6.07) is 15.6. The lowest BCUT2D eigenvalue weighted by Crippen LogP contribution is -2.28. The molecule has 1 fully saturated rings. The maximum absolute atomic E-state index is 5.03. The summed E-state index contributed by atoms with van der Waals surface area (Å²) in [7, 11) is 0. The van der Waals surface area contributed by atoms with Gasteiger partial charge in [-0.25, -0.2) is 0 Å². The van der Waals surface area contributed by atoms with Crippen molar-refractivity contribution in [2.24, 2.45) is 4.99 Å². The van der Waals surface area contributed by atoms with Crippen LogP contribution in [0.15, 0.2) is 53.7 Å². The first-order valence-corrected chi connectivity index (χ1v) is 9.53. The van der Waals surface area contributed by atoms with Crippen molar-refractivity contribution in [1.29, 1.82) is 0 Å². The number of nitrogens with zero attached hydrogens (tertiary/aromatic N) is 3. The molecule has 0 N–H and O–H groups in total. The summed E-state index contributed by atoms with van der Waals surface area (Å²) in [6.45, 7) is 7.81. The minimum Gasteiger partial charge on any atom is -0.341 e. The molecule has 0 aliphatic carbocycles. The van der Waals surface area contributed by atoms with Gasteiger partial charge in [-0.3, -0.25) is 9.98 Å². The molecular weight excluding hydrogens is 314 g/mol. The SMILES string of the molecule is CC1CN2C(=NC(c3ccccn3)C2c2ccc(C(C)C)cc2)S1. The number of hydrogen-bond donors (Lipinski definition) is 0. The van der Waals surface area contributed by atoms with E-state index in [1.807, 2.05) is 24.0 Å². The number of fused-ring (bicyclic) bond motifs is 1. The Morgan fingerprint density at radius 3 is 2.58 bits per heavy atom. The highest BCUT2D eigenvalue weighted by Gasteiger charge is 2.43. The molecule has 1 saturated heterocycles. The van der Waals surface area contributed by atoms with Crippen LogP contribution in [0.5, 0.6) is 0 Å². The van der Waals surface area contributed by atoms with Crippen molar-refractivity contribution in [3.05, 3.63) is 65.5 Å². The van der Waals surface area contributed by atoms with Gasteiger partial charge in [0, 0.05) is 18.0 Å². The number of pyridine rings is 1. The normalized spacial score (nSPS) is 25.9. The quantitative estimate of drug-likeness (QED) is 0.806. The molecule has 1 aromatic heterocycles. The predicted octanol–water partition coefficient (Wildman–Crippen LogP) is 4.79. The summed E-state index contributed by atoms with van der Waals surface area (Å²) in [6.07, 6.45) is 1.87. The molecule has 1 aromatic carbocycles. The van der Waals surface area contributed by atoms with Gasteiger partial charge >= 0.3 is 0 Å². The third-order valence-electron chi connectivity index (χ3n) is 4.83. The van der Waals surface area contributed by atoms with E-state index in [2.05, 4.69) is 67.1 Å². The van der Waals surface area contributed by atoms with Crippen molar-refractivity contribution in [3.8, 4) is 0 Å². The highest BCUT2D eigenvalue weighted by Crippen LogP contribution is 2.47. The van der Waals surface area contributed by atoms with Crippen molar-refractivity contribution in [2.45, 2.75) is 44.0 Å². The average molecular weight is 337 g/mol. The van der Waals surface area contributed by atoms with Crippen LogP contribution in [0.25, 0.3) is 0 Å². The van der Waals surface area contributed by atoms with Crippen molar-refractivity contribution in [1.82, 2.24) is 9.88 Å². The second-order valence-electron chi connectivity index (χ2n) is 6.96. The van der Waals surface area contributed by atoms with Gasteiger partial charge in [-0.1, -0.05) is 62.9 Å². The van der Waals surface area contributed by atoms with Crippen LogP contribution in [0, 0.1) is 0 Å². The number of hydrogen-bond acceptors (Lipinski definition) is 4. The van der Waals surface area contributed by atoms with Crippen LogP contribution in [-0.4, -0.2) is 26.8 Å². The van der Waals surface area contributed by atoms with E-state index in [-0.39, 0.29) is 12.1 Å². The molecule has 2 aliphatic heterocycles. The van der Waals surface area contributed by atoms with E-state index in [9.17, 15) is 0 Å². The molecule has 4 heteroatoms. The Labute approximate surface area is 148 Å². The molecule has 4 rings (SSSR count). The van der Waals surface area contributed by atoms with Gasteiger partial charge in [0.05, 0.1) is 11.7 Å². The summed E-state index contributed by atoms with van der Waals surface area (Å²) in [5.41, 5.74) is 3.78. The zero-order chi connectivity index (χ0) is 16.7. The summed E-state index contributed by atoms with van der Waals surface area (Å²) >= 11 is 1.89. The number of amidine groups is 1. The number of thioether (sulfide) groups is 1.